The number of halogens is 1. The van der Waals surface area contributed by atoms with Gasteiger partial charge in [-0.15, -0.1) is 0 Å². The van der Waals surface area contributed by atoms with Crippen LogP contribution in [-0.2, 0) is 14.8 Å². The molecule has 0 saturated carbocycles. The van der Waals surface area contributed by atoms with E-state index < -0.39 is 10.0 Å². The Labute approximate surface area is 153 Å². The molecular formula is C16H23ClN4O3S. The molecule has 0 bridgehead atoms. The first-order chi connectivity index (χ1) is 11.8. The molecule has 0 spiro atoms. The molecule has 7 nitrogen and oxygen atoms in total. The highest BCUT2D eigenvalue weighted by Crippen LogP contribution is 2.23. The van der Waals surface area contributed by atoms with Crippen LogP contribution in [0.5, 0.6) is 0 Å². The molecule has 2 aliphatic heterocycles. The van der Waals surface area contributed by atoms with E-state index in [1.165, 1.54) is 10.4 Å². The molecule has 1 aromatic rings. The first-order valence-corrected chi connectivity index (χ1v) is 10.2. The predicted molar refractivity (Wildman–Crippen MR) is 95.7 cm³/mol. The van der Waals surface area contributed by atoms with Crippen molar-refractivity contribution in [1.29, 1.82) is 0 Å². The lowest BCUT2D eigenvalue weighted by atomic mass is 10.1. The number of carbonyl (C=O) groups is 1. The van der Waals surface area contributed by atoms with Gasteiger partial charge in [0.2, 0.25) is 15.9 Å². The van der Waals surface area contributed by atoms with Crippen LogP contribution in [0.15, 0.2) is 23.1 Å². The lowest BCUT2D eigenvalue weighted by Crippen LogP contribution is -2.54. The maximum Gasteiger partial charge on any atom is 0.243 e. The van der Waals surface area contributed by atoms with Crippen LogP contribution < -0.4 is 10.9 Å². The number of aryl methyl sites for hydroxylation is 1. The third kappa shape index (κ3) is 3.83. The molecule has 138 valence electrons. The van der Waals surface area contributed by atoms with Gasteiger partial charge in [0.1, 0.15) is 6.04 Å². The zero-order valence-corrected chi connectivity index (χ0v) is 15.9. The molecule has 2 saturated heterocycles. The number of nitrogens with one attached hydrogen (secondary N) is 2. The van der Waals surface area contributed by atoms with E-state index in [1.54, 1.807) is 17.0 Å². The molecule has 1 aromatic carbocycles. The van der Waals surface area contributed by atoms with Crippen molar-refractivity contribution in [2.45, 2.75) is 37.2 Å². The van der Waals surface area contributed by atoms with Gasteiger partial charge in [0.25, 0.3) is 0 Å². The number of amides is 1. The van der Waals surface area contributed by atoms with Crippen molar-refractivity contribution < 1.29 is 13.2 Å². The van der Waals surface area contributed by atoms with Crippen LogP contribution in [0.1, 0.15) is 18.9 Å². The molecule has 2 atom stereocenters. The second-order valence-electron chi connectivity index (χ2n) is 6.62. The molecule has 2 aliphatic rings. The number of benzene rings is 1. The van der Waals surface area contributed by atoms with Crippen LogP contribution in [0.3, 0.4) is 0 Å². The predicted octanol–water partition coefficient (Wildman–Crippen LogP) is 0.736. The number of hydrazine groups is 1. The Balaban J connectivity index is 1.65. The molecule has 0 radical (unpaired) electrons. The number of nitrogens with zero attached hydrogens (tertiary/aromatic N) is 2. The van der Waals surface area contributed by atoms with Crippen LogP contribution in [0.4, 0.5) is 0 Å². The van der Waals surface area contributed by atoms with Crippen molar-refractivity contribution in [3.63, 3.8) is 0 Å². The zero-order chi connectivity index (χ0) is 18.2. The van der Waals surface area contributed by atoms with Crippen molar-refractivity contribution in [1.82, 2.24) is 20.1 Å². The first-order valence-electron chi connectivity index (χ1n) is 8.35. The van der Waals surface area contributed by atoms with Crippen LogP contribution in [-0.4, -0.2) is 61.8 Å². The van der Waals surface area contributed by atoms with Gasteiger partial charge in [-0.3, -0.25) is 10.2 Å². The quantitative estimate of drug-likeness (QED) is 0.800. The summed E-state index contributed by atoms with van der Waals surface area (Å²) in [6.45, 7) is 5.20. The smallest absolute Gasteiger partial charge is 0.243 e. The molecular weight excluding hydrogens is 364 g/mol. The Morgan fingerprint density at radius 2 is 1.88 bits per heavy atom. The van der Waals surface area contributed by atoms with Crippen LogP contribution >= 0.6 is 11.6 Å². The van der Waals surface area contributed by atoms with E-state index in [0.717, 1.165) is 12.0 Å². The molecule has 2 unspecified atom stereocenters. The lowest BCUT2D eigenvalue weighted by molar-refractivity contribution is -0.134. The summed E-state index contributed by atoms with van der Waals surface area (Å²) in [6, 6.07) is 4.77. The Kier molecular flexibility index (Phi) is 5.36. The fourth-order valence-electron chi connectivity index (χ4n) is 3.13. The minimum absolute atomic E-state index is 0.0206. The Bertz CT molecular complexity index is 763. The summed E-state index contributed by atoms with van der Waals surface area (Å²) in [5.41, 5.74) is 6.87. The molecule has 9 heteroatoms. The normalized spacial score (nSPS) is 25.3. The van der Waals surface area contributed by atoms with Gasteiger partial charge < -0.3 is 4.90 Å². The van der Waals surface area contributed by atoms with E-state index in [1.807, 2.05) is 13.8 Å². The SMILES string of the molecule is Cc1ccc(S(=O)(=O)N2CCN(C(=O)C3CC(C)NN3)CC2)cc1Cl. The Morgan fingerprint density at radius 1 is 1.20 bits per heavy atom. The first kappa shape index (κ1) is 18.6. The fraction of sp³-hybridized carbons (Fsp3) is 0.562. The Morgan fingerprint density at radius 3 is 2.44 bits per heavy atom. The van der Waals surface area contributed by atoms with E-state index in [-0.39, 0.29) is 36.0 Å². The van der Waals surface area contributed by atoms with Gasteiger partial charge in [0, 0.05) is 37.2 Å². The van der Waals surface area contributed by atoms with E-state index >= 15 is 0 Å². The second-order valence-corrected chi connectivity index (χ2v) is 8.96. The van der Waals surface area contributed by atoms with E-state index in [0.29, 0.717) is 18.1 Å². The standard InChI is InChI=1S/C16H23ClN4O3S/c1-11-3-4-13(10-14(11)17)25(23,24)21-7-5-20(6-8-21)16(22)15-9-12(2)18-19-15/h3-4,10,12,15,18-19H,5-9H2,1-2H3. The van der Waals surface area contributed by atoms with Crippen molar-refractivity contribution in [3.05, 3.63) is 28.8 Å². The van der Waals surface area contributed by atoms with Gasteiger partial charge in [0.15, 0.2) is 0 Å². The topological polar surface area (TPSA) is 81.8 Å². The summed E-state index contributed by atoms with van der Waals surface area (Å²) in [6.07, 6.45) is 0.735. The summed E-state index contributed by atoms with van der Waals surface area (Å²) in [7, 11) is -3.60. The van der Waals surface area contributed by atoms with Crippen LogP contribution in [0.2, 0.25) is 5.02 Å². The fourth-order valence-corrected chi connectivity index (χ4v) is 4.82. The maximum atomic E-state index is 12.8. The summed E-state index contributed by atoms with van der Waals surface area (Å²) in [5, 5.41) is 0.434. The average Bonchev–Trinajstić information content (AvgIpc) is 3.03. The van der Waals surface area contributed by atoms with Crippen LogP contribution in [0.25, 0.3) is 0 Å². The van der Waals surface area contributed by atoms with E-state index in [2.05, 4.69) is 10.9 Å². The largest absolute Gasteiger partial charge is 0.339 e. The number of sulfonamides is 1. The number of piperazine rings is 1. The van der Waals surface area contributed by atoms with Gasteiger partial charge in [-0.25, -0.2) is 13.8 Å². The number of hydrogen-bond donors (Lipinski definition) is 2. The second kappa shape index (κ2) is 7.20. The minimum atomic E-state index is -3.60. The summed E-state index contributed by atoms with van der Waals surface area (Å²) in [5.74, 6) is 0.0206. The van der Waals surface area contributed by atoms with Gasteiger partial charge in [-0.1, -0.05) is 17.7 Å². The highest BCUT2D eigenvalue weighted by Gasteiger charge is 2.34. The van der Waals surface area contributed by atoms with Crippen molar-refractivity contribution in [3.8, 4) is 0 Å². The van der Waals surface area contributed by atoms with E-state index in [4.69, 9.17) is 11.6 Å². The maximum absolute atomic E-state index is 12.8. The average molecular weight is 387 g/mol. The molecule has 0 aliphatic carbocycles. The molecule has 1 amide bonds. The molecule has 2 fully saturated rings. The zero-order valence-electron chi connectivity index (χ0n) is 14.3. The summed E-state index contributed by atoms with van der Waals surface area (Å²) >= 11 is 6.06. The third-order valence-electron chi connectivity index (χ3n) is 4.72. The summed E-state index contributed by atoms with van der Waals surface area (Å²) in [4.78, 5) is 14.4. The highest BCUT2D eigenvalue weighted by molar-refractivity contribution is 7.89. The Hall–Kier alpha value is -1.19. The van der Waals surface area contributed by atoms with Gasteiger partial charge in [0.05, 0.1) is 4.90 Å². The molecule has 25 heavy (non-hydrogen) atoms. The highest BCUT2D eigenvalue weighted by atomic mass is 35.5. The van der Waals surface area contributed by atoms with Gasteiger partial charge in [-0.05, 0) is 38.0 Å². The van der Waals surface area contributed by atoms with Crippen molar-refractivity contribution >= 4 is 27.5 Å². The van der Waals surface area contributed by atoms with E-state index in [9.17, 15) is 13.2 Å². The lowest BCUT2D eigenvalue weighted by Gasteiger charge is -2.35. The molecule has 2 heterocycles. The molecule has 2 N–H and O–H groups in total. The number of carbonyl (C=O) groups excluding carboxylic acids is 1. The van der Waals surface area contributed by atoms with Crippen LogP contribution in [0, 0.1) is 6.92 Å². The third-order valence-corrected chi connectivity index (χ3v) is 7.02. The van der Waals surface area contributed by atoms with Crippen molar-refractivity contribution in [2.24, 2.45) is 0 Å². The van der Waals surface area contributed by atoms with Crippen molar-refractivity contribution in [2.75, 3.05) is 26.2 Å². The van der Waals surface area contributed by atoms with Gasteiger partial charge >= 0.3 is 0 Å². The molecule has 3 rings (SSSR count). The minimum Gasteiger partial charge on any atom is -0.339 e. The van der Waals surface area contributed by atoms with Gasteiger partial charge in [-0.2, -0.15) is 4.31 Å². The number of hydrogen-bond acceptors (Lipinski definition) is 5. The molecule has 0 aromatic heterocycles. The summed E-state index contributed by atoms with van der Waals surface area (Å²) < 4.78 is 27.0. The number of rotatable bonds is 3. The monoisotopic (exact) mass is 386 g/mol.